The average molecular weight is 400 g/mol. The van der Waals surface area contributed by atoms with Crippen LogP contribution in [0.2, 0.25) is 0 Å². The molecule has 1 unspecified atom stereocenters. The third-order valence-electron chi connectivity index (χ3n) is 6.24. The molecule has 0 spiro atoms. The van der Waals surface area contributed by atoms with Crippen molar-refractivity contribution >= 4 is 17.7 Å². The Morgan fingerprint density at radius 2 is 2.10 bits per heavy atom. The molecule has 4 rings (SSSR count). The topological polar surface area (TPSA) is 79.0 Å². The summed E-state index contributed by atoms with van der Waals surface area (Å²) in [5.41, 5.74) is 1.23. The molecule has 0 radical (unpaired) electrons. The molecular weight excluding hydrogens is 370 g/mol. The lowest BCUT2D eigenvalue weighted by Crippen LogP contribution is -2.52. The largest absolute Gasteiger partial charge is 0.489 e. The number of fused-ring (bicyclic) bond motifs is 1. The lowest BCUT2D eigenvalue weighted by atomic mass is 9.98. The molecule has 3 aliphatic rings. The van der Waals surface area contributed by atoms with Crippen LogP contribution >= 0.6 is 0 Å². The molecule has 1 N–H and O–H groups in total. The van der Waals surface area contributed by atoms with Gasteiger partial charge in [-0.05, 0) is 63.0 Å². The van der Waals surface area contributed by atoms with Gasteiger partial charge in [-0.3, -0.25) is 24.6 Å². The number of hydrogen-bond acceptors (Lipinski definition) is 5. The quantitative estimate of drug-likeness (QED) is 0.766. The van der Waals surface area contributed by atoms with E-state index >= 15 is 0 Å². The Bertz CT molecular complexity index is 876. The molecule has 3 amide bonds. The highest BCUT2D eigenvalue weighted by atomic mass is 16.5. The van der Waals surface area contributed by atoms with Crippen LogP contribution in [0, 0.1) is 0 Å². The van der Waals surface area contributed by atoms with Crippen LogP contribution in [0.1, 0.15) is 63.2 Å². The van der Waals surface area contributed by atoms with Crippen LogP contribution < -0.4 is 10.1 Å². The maximum atomic E-state index is 12.9. The van der Waals surface area contributed by atoms with Gasteiger partial charge in [-0.25, -0.2) is 0 Å². The van der Waals surface area contributed by atoms with Crippen LogP contribution in [0.25, 0.3) is 0 Å². The number of ether oxygens (including phenoxy) is 1. The van der Waals surface area contributed by atoms with Crippen LogP contribution in [0.15, 0.2) is 18.2 Å². The van der Waals surface area contributed by atoms with Crippen molar-refractivity contribution in [1.29, 1.82) is 0 Å². The van der Waals surface area contributed by atoms with Crippen molar-refractivity contribution < 1.29 is 20.5 Å². The second-order valence-electron chi connectivity index (χ2n) is 8.05. The number of carbonyl (C=O) groups is 3. The second-order valence-corrected chi connectivity index (χ2v) is 8.05. The van der Waals surface area contributed by atoms with Crippen LogP contribution in [0.3, 0.4) is 0 Å². The lowest BCUT2D eigenvalue weighted by Gasteiger charge is -2.38. The standard InChI is InChI=1S/C22H29N3O4/c1-3-24-11-5-4-6-18(24)14(2)29-16-7-8-17-15(12-16)13-25(22(17)28)19-9-10-20(26)23-21(19)27/h7-8,12,14,18-19H,3-6,9-11,13H2,1-2H3,(H,23,26,27)/t14-,18-,19?/m1/s1/i19D. The lowest BCUT2D eigenvalue weighted by molar-refractivity contribution is -0.136. The van der Waals surface area contributed by atoms with Crippen LogP contribution in [-0.2, 0) is 16.1 Å². The molecule has 0 aromatic heterocycles. The molecule has 1 aromatic rings. The summed E-state index contributed by atoms with van der Waals surface area (Å²) >= 11 is 0. The first-order valence-corrected chi connectivity index (χ1v) is 10.5. The van der Waals surface area contributed by atoms with Gasteiger partial charge in [0.1, 0.15) is 17.9 Å². The van der Waals surface area contributed by atoms with Gasteiger partial charge in [0.25, 0.3) is 5.91 Å². The number of amides is 3. The van der Waals surface area contributed by atoms with E-state index in [1.165, 1.54) is 17.7 Å². The van der Waals surface area contributed by atoms with Gasteiger partial charge in [-0.15, -0.1) is 0 Å². The van der Waals surface area contributed by atoms with Crippen molar-refractivity contribution in [3.8, 4) is 5.75 Å². The van der Waals surface area contributed by atoms with E-state index in [0.29, 0.717) is 17.4 Å². The van der Waals surface area contributed by atoms with Crippen molar-refractivity contribution in [1.82, 2.24) is 15.1 Å². The van der Waals surface area contributed by atoms with Gasteiger partial charge in [0.2, 0.25) is 11.8 Å². The minimum Gasteiger partial charge on any atom is -0.489 e. The molecule has 2 fully saturated rings. The molecule has 7 nitrogen and oxygen atoms in total. The first-order chi connectivity index (χ1) is 14.3. The number of rotatable bonds is 5. The summed E-state index contributed by atoms with van der Waals surface area (Å²) in [6, 6.07) is 3.96. The molecule has 3 atom stereocenters. The number of carbonyl (C=O) groups excluding carboxylic acids is 3. The predicted octanol–water partition coefficient (Wildman–Crippen LogP) is 2.09. The summed E-state index contributed by atoms with van der Waals surface area (Å²) in [6.45, 7) is 6.52. The fourth-order valence-electron chi connectivity index (χ4n) is 4.69. The molecule has 1 aromatic carbocycles. The Kier molecular flexibility index (Phi) is 5.23. The van der Waals surface area contributed by atoms with Gasteiger partial charge in [-0.2, -0.15) is 0 Å². The Hall–Kier alpha value is -2.41. The molecule has 0 aliphatic carbocycles. The monoisotopic (exact) mass is 400 g/mol. The van der Waals surface area contributed by atoms with Crippen LogP contribution in [0.5, 0.6) is 5.75 Å². The zero-order valence-electron chi connectivity index (χ0n) is 18.1. The number of nitrogens with one attached hydrogen (secondary N) is 1. The maximum absolute atomic E-state index is 12.9. The van der Waals surface area contributed by atoms with E-state index < -0.39 is 17.8 Å². The average Bonchev–Trinajstić information content (AvgIpc) is 3.07. The zero-order valence-corrected chi connectivity index (χ0v) is 17.1. The third kappa shape index (κ3) is 3.88. The molecule has 7 heteroatoms. The van der Waals surface area contributed by atoms with E-state index in [4.69, 9.17) is 6.11 Å². The first-order valence-electron chi connectivity index (χ1n) is 11.0. The minimum atomic E-state index is -1.76. The van der Waals surface area contributed by atoms with E-state index in [2.05, 4.69) is 24.1 Å². The third-order valence-corrected chi connectivity index (χ3v) is 6.24. The van der Waals surface area contributed by atoms with Gasteiger partial charge in [-0.1, -0.05) is 13.3 Å². The van der Waals surface area contributed by atoms with E-state index in [0.717, 1.165) is 25.1 Å². The molecule has 156 valence electrons. The van der Waals surface area contributed by atoms with Crippen molar-refractivity contribution in [2.75, 3.05) is 13.1 Å². The zero-order chi connectivity index (χ0) is 21.5. The molecule has 3 aliphatic heterocycles. The van der Waals surface area contributed by atoms with Crippen molar-refractivity contribution in [2.45, 2.75) is 70.7 Å². The summed E-state index contributed by atoms with van der Waals surface area (Å²) in [4.78, 5) is 40.4. The number of likely N-dealkylation sites (N-methyl/N-ethyl adjacent to an activating group) is 1. The fraction of sp³-hybridized carbons (Fsp3) is 0.591. The van der Waals surface area contributed by atoms with Crippen LogP contribution in [0.4, 0.5) is 0 Å². The highest BCUT2D eigenvalue weighted by Crippen LogP contribution is 2.31. The molecule has 0 saturated carbocycles. The molecule has 29 heavy (non-hydrogen) atoms. The summed E-state index contributed by atoms with van der Waals surface area (Å²) < 4.78 is 14.8. The summed E-state index contributed by atoms with van der Waals surface area (Å²) in [6.07, 6.45) is 3.62. The Balaban J connectivity index is 1.49. The van der Waals surface area contributed by atoms with Crippen molar-refractivity contribution in [3.63, 3.8) is 0 Å². The Morgan fingerprint density at radius 3 is 2.86 bits per heavy atom. The SMILES string of the molecule is [2H]C1(N2Cc3cc(O[C@H](C)[C@H]4CCCCN4CC)ccc3C2=O)CCC(=O)NC1=O. The smallest absolute Gasteiger partial charge is 0.255 e. The van der Waals surface area contributed by atoms with Gasteiger partial charge in [0.15, 0.2) is 0 Å². The van der Waals surface area contributed by atoms with E-state index in [1.54, 1.807) is 12.1 Å². The number of nitrogens with zero attached hydrogens (tertiary/aromatic N) is 2. The van der Waals surface area contributed by atoms with Gasteiger partial charge < -0.3 is 9.64 Å². The Morgan fingerprint density at radius 1 is 1.28 bits per heavy atom. The molecule has 2 saturated heterocycles. The number of hydrogen-bond donors (Lipinski definition) is 1. The maximum Gasteiger partial charge on any atom is 0.255 e. The summed E-state index contributed by atoms with van der Waals surface area (Å²) in [7, 11) is 0. The normalized spacial score (nSPS) is 29.3. The van der Waals surface area contributed by atoms with Crippen molar-refractivity contribution in [3.05, 3.63) is 29.3 Å². The van der Waals surface area contributed by atoms with Crippen molar-refractivity contribution in [2.24, 2.45) is 0 Å². The summed E-state index contributed by atoms with van der Waals surface area (Å²) in [5, 5.41) is 2.19. The molecule has 0 bridgehead atoms. The molecule has 3 heterocycles. The number of likely N-dealkylation sites (tertiary alicyclic amines) is 1. The van der Waals surface area contributed by atoms with E-state index in [-0.39, 0.29) is 31.4 Å². The van der Waals surface area contributed by atoms with Gasteiger partial charge >= 0.3 is 0 Å². The van der Waals surface area contributed by atoms with Gasteiger partial charge in [0, 0.05) is 24.6 Å². The Labute approximate surface area is 172 Å². The van der Waals surface area contributed by atoms with E-state index in [1.807, 2.05) is 6.07 Å². The second kappa shape index (κ2) is 8.14. The number of imide groups is 1. The van der Waals surface area contributed by atoms with Gasteiger partial charge in [0.05, 0.1) is 1.37 Å². The highest BCUT2D eigenvalue weighted by molar-refractivity contribution is 6.05. The highest BCUT2D eigenvalue weighted by Gasteiger charge is 2.39. The number of benzene rings is 1. The van der Waals surface area contributed by atoms with E-state index in [9.17, 15) is 14.4 Å². The minimum absolute atomic E-state index is 0.00627. The number of piperidine rings is 2. The van der Waals surface area contributed by atoms with Crippen LogP contribution in [-0.4, -0.2) is 58.8 Å². The fourth-order valence-corrected chi connectivity index (χ4v) is 4.69. The molecular formula is C22H29N3O4. The first kappa shape index (κ1) is 18.6. The predicted molar refractivity (Wildman–Crippen MR) is 107 cm³/mol. The summed E-state index contributed by atoms with van der Waals surface area (Å²) in [5.74, 6) is -0.795.